The minimum Gasteiger partial charge on any atom is -0.398 e. The maximum absolute atomic E-state index is 7.81. The van der Waals surface area contributed by atoms with Crippen LogP contribution in [0.5, 0.6) is 0 Å². The number of fused-ring (bicyclic) bond motifs is 6. The van der Waals surface area contributed by atoms with Gasteiger partial charge < -0.3 is 11.5 Å². The third-order valence-corrected chi connectivity index (χ3v) is 15.5. The zero-order valence-electron chi connectivity index (χ0n) is 37.2. The van der Waals surface area contributed by atoms with Crippen LogP contribution in [0.15, 0.2) is 243 Å². The smallest absolute Gasteiger partial charge is 0.0713 e. The lowest BCUT2D eigenvalue weighted by molar-refractivity contribution is 0.768. The van der Waals surface area contributed by atoms with Gasteiger partial charge in [0.2, 0.25) is 0 Å². The highest BCUT2D eigenvalue weighted by molar-refractivity contribution is 6.31. The molecule has 0 spiro atoms. The van der Waals surface area contributed by atoms with E-state index < -0.39 is 10.8 Å². The summed E-state index contributed by atoms with van der Waals surface area (Å²) in [6.07, 6.45) is 0. The third kappa shape index (κ3) is 5.01. The molecule has 0 fully saturated rings. The average Bonchev–Trinajstić information content (AvgIpc) is 3.88. The van der Waals surface area contributed by atoms with Gasteiger partial charge in [0.15, 0.2) is 0 Å². The average molecular weight is 865 g/mol. The minimum absolute atomic E-state index is 0.570. The summed E-state index contributed by atoms with van der Waals surface area (Å²) in [7, 11) is 0. The van der Waals surface area contributed by atoms with Gasteiger partial charge in [0.25, 0.3) is 0 Å². The lowest BCUT2D eigenvalue weighted by Gasteiger charge is -2.34. The monoisotopic (exact) mass is 864 g/mol. The number of anilines is 2. The van der Waals surface area contributed by atoms with Crippen molar-refractivity contribution in [1.82, 2.24) is 0 Å². The van der Waals surface area contributed by atoms with E-state index in [-0.39, 0.29) is 0 Å². The van der Waals surface area contributed by atoms with Gasteiger partial charge in [-0.05, 0) is 118 Å². The van der Waals surface area contributed by atoms with Gasteiger partial charge in [-0.1, -0.05) is 224 Å². The van der Waals surface area contributed by atoms with Gasteiger partial charge in [0.1, 0.15) is 0 Å². The van der Waals surface area contributed by atoms with Crippen molar-refractivity contribution >= 4 is 43.7 Å². The number of benzene rings is 12. The highest BCUT2D eigenvalue weighted by Crippen LogP contribution is 2.59. The molecule has 2 nitrogen and oxygen atoms in total. The predicted octanol–water partition coefficient (Wildman–Crippen LogP) is 15.8. The van der Waals surface area contributed by atoms with E-state index in [0.717, 1.165) is 65.9 Å². The van der Waals surface area contributed by atoms with Crippen molar-refractivity contribution in [2.75, 3.05) is 11.5 Å². The predicted molar refractivity (Wildman–Crippen MR) is 284 cm³/mol. The van der Waals surface area contributed by atoms with E-state index in [4.69, 9.17) is 11.5 Å². The first-order valence-electron chi connectivity index (χ1n) is 23.6. The van der Waals surface area contributed by atoms with Crippen LogP contribution in [0, 0.1) is 0 Å². The molecule has 0 radical (unpaired) electrons. The summed E-state index contributed by atoms with van der Waals surface area (Å²) < 4.78 is 0. The molecule has 2 aliphatic carbocycles. The maximum atomic E-state index is 7.81. The van der Waals surface area contributed by atoms with E-state index in [2.05, 4.69) is 237 Å². The zero-order valence-corrected chi connectivity index (χ0v) is 37.2. The molecule has 68 heavy (non-hydrogen) atoms. The molecule has 0 aromatic heterocycles. The van der Waals surface area contributed by atoms with Crippen LogP contribution in [-0.2, 0) is 10.8 Å². The van der Waals surface area contributed by atoms with Crippen LogP contribution in [0.3, 0.4) is 0 Å². The van der Waals surface area contributed by atoms with Crippen LogP contribution in [0.4, 0.5) is 11.4 Å². The van der Waals surface area contributed by atoms with Crippen molar-refractivity contribution in [2.24, 2.45) is 0 Å². The third-order valence-electron chi connectivity index (χ3n) is 15.5. The molecule has 2 aliphatic rings. The van der Waals surface area contributed by atoms with Crippen LogP contribution in [0.1, 0.15) is 44.5 Å². The fourth-order valence-corrected chi connectivity index (χ4v) is 12.8. The molecule has 2 heteroatoms. The Labute approximate surface area is 395 Å². The van der Waals surface area contributed by atoms with E-state index in [0.29, 0.717) is 0 Å². The highest BCUT2D eigenvalue weighted by atomic mass is 14.6. The van der Waals surface area contributed by atoms with Crippen molar-refractivity contribution in [2.45, 2.75) is 10.8 Å². The van der Waals surface area contributed by atoms with Crippen molar-refractivity contribution in [3.05, 3.63) is 287 Å². The molecule has 12 aromatic rings. The van der Waals surface area contributed by atoms with E-state index in [9.17, 15) is 0 Å². The van der Waals surface area contributed by atoms with Gasteiger partial charge in [-0.3, -0.25) is 0 Å². The summed E-state index contributed by atoms with van der Waals surface area (Å²) in [6, 6.07) is 89.6. The molecule has 0 heterocycles. The van der Waals surface area contributed by atoms with Gasteiger partial charge in [-0.2, -0.15) is 0 Å². The summed E-state index contributed by atoms with van der Waals surface area (Å²) in [4.78, 5) is 0. The molecule has 0 saturated heterocycles. The van der Waals surface area contributed by atoms with Gasteiger partial charge >= 0.3 is 0 Å². The van der Waals surface area contributed by atoms with Gasteiger partial charge in [0.05, 0.1) is 10.8 Å². The molecular weight excluding hydrogens is 821 g/mol. The molecule has 4 N–H and O–H groups in total. The second-order valence-corrected chi connectivity index (χ2v) is 18.6. The number of hydrogen-bond donors (Lipinski definition) is 2. The number of rotatable bonds is 6. The van der Waals surface area contributed by atoms with Gasteiger partial charge in [-0.15, -0.1) is 0 Å². The maximum Gasteiger partial charge on any atom is 0.0713 e. The molecule has 0 bridgehead atoms. The number of nitrogens with two attached hydrogens (primary N) is 2. The molecule has 0 amide bonds. The molecule has 0 atom stereocenters. The first kappa shape index (κ1) is 38.5. The van der Waals surface area contributed by atoms with Gasteiger partial charge in [0, 0.05) is 33.1 Å². The molecule has 14 rings (SSSR count). The van der Waals surface area contributed by atoms with E-state index in [1.165, 1.54) is 66.8 Å². The van der Waals surface area contributed by atoms with E-state index in [1.807, 2.05) is 6.07 Å². The Morgan fingerprint density at radius 3 is 1.18 bits per heavy atom. The molecule has 318 valence electrons. The first-order valence-corrected chi connectivity index (χ1v) is 23.6. The fourth-order valence-electron chi connectivity index (χ4n) is 12.8. The largest absolute Gasteiger partial charge is 0.398 e. The lowest BCUT2D eigenvalue weighted by atomic mass is 9.67. The van der Waals surface area contributed by atoms with Crippen LogP contribution in [-0.4, -0.2) is 0 Å². The van der Waals surface area contributed by atoms with Crippen molar-refractivity contribution in [3.8, 4) is 44.5 Å². The Morgan fingerprint density at radius 2 is 0.676 bits per heavy atom. The zero-order chi connectivity index (χ0) is 45.1. The normalized spacial score (nSPS) is 13.9. The first-order chi connectivity index (χ1) is 33.6. The van der Waals surface area contributed by atoms with Crippen LogP contribution < -0.4 is 11.5 Å². The quantitative estimate of drug-likeness (QED) is 0.129. The summed E-state index contributed by atoms with van der Waals surface area (Å²) in [5.41, 5.74) is 34.3. The van der Waals surface area contributed by atoms with E-state index in [1.54, 1.807) is 0 Å². The highest BCUT2D eigenvalue weighted by Gasteiger charge is 2.47. The number of nitrogen functional groups attached to an aromatic ring is 2. The summed E-state index contributed by atoms with van der Waals surface area (Å²) in [5, 5.41) is 6.64. The summed E-state index contributed by atoms with van der Waals surface area (Å²) >= 11 is 0. The lowest BCUT2D eigenvalue weighted by Crippen LogP contribution is -2.28. The Kier molecular flexibility index (Phi) is 8.15. The minimum atomic E-state index is -0.571. The molecular formula is C66H44N2. The van der Waals surface area contributed by atoms with Crippen LogP contribution in [0.25, 0.3) is 76.8 Å². The Balaban J connectivity index is 1.09. The topological polar surface area (TPSA) is 52.0 Å². The standard InChI is InChI=1S/C66H44N2/c67-59-38-34-41-33-35-54-63-53(37-36-52(59)60(41)63)61(42-17-15-23-46(39-42)65(44-19-3-1-4-20-44)55-29-11-7-25-48(55)49-26-8-12-30-56(49)65)62(64(54)68)43-18-16-24-47(40-43)66(45-21-5-2-6-22-45)57-31-13-9-27-50(57)51-28-10-14-32-58(51)66/h1-40H,67-68H2. The summed E-state index contributed by atoms with van der Waals surface area (Å²) in [6.45, 7) is 0. The number of hydrogen-bond acceptors (Lipinski definition) is 2. The molecule has 0 aliphatic heterocycles. The Hall–Kier alpha value is -8.72. The molecule has 0 unspecified atom stereocenters. The van der Waals surface area contributed by atoms with Crippen molar-refractivity contribution < 1.29 is 0 Å². The molecule has 0 saturated carbocycles. The van der Waals surface area contributed by atoms with Crippen molar-refractivity contribution in [1.29, 1.82) is 0 Å². The van der Waals surface area contributed by atoms with Crippen molar-refractivity contribution in [3.63, 3.8) is 0 Å². The Morgan fingerprint density at radius 1 is 0.279 bits per heavy atom. The second kappa shape index (κ2) is 14.4. The molecule has 12 aromatic carbocycles. The van der Waals surface area contributed by atoms with Crippen LogP contribution in [0.2, 0.25) is 0 Å². The fraction of sp³-hybridized carbons (Fsp3) is 0.0303. The van der Waals surface area contributed by atoms with Gasteiger partial charge in [-0.25, -0.2) is 0 Å². The van der Waals surface area contributed by atoms with E-state index >= 15 is 0 Å². The summed E-state index contributed by atoms with van der Waals surface area (Å²) in [5.74, 6) is 0. The Bertz CT molecular complexity index is 3910. The van der Waals surface area contributed by atoms with Crippen LogP contribution >= 0.6 is 0 Å². The second-order valence-electron chi connectivity index (χ2n) is 18.6. The SMILES string of the molecule is Nc1ccc2ccc3c(N)c(-c4cccc(C5(c6ccccc6)c6ccccc6-c6ccccc65)c4)c(-c4cccc(C5(c6ccccc6)c6ccccc6-c6ccccc65)c4)c4ccc1c2c34.